The molecule has 7 rings (SSSR count). The van der Waals surface area contributed by atoms with Gasteiger partial charge < -0.3 is 15.7 Å². The van der Waals surface area contributed by atoms with Crippen molar-refractivity contribution >= 4 is 28.9 Å². The molecule has 3 aromatic heterocycles. The van der Waals surface area contributed by atoms with Gasteiger partial charge in [-0.2, -0.15) is 0 Å². The van der Waals surface area contributed by atoms with Gasteiger partial charge in [-0.3, -0.25) is 14.1 Å². The van der Waals surface area contributed by atoms with E-state index in [9.17, 15) is 18.7 Å². The van der Waals surface area contributed by atoms with Crippen molar-refractivity contribution in [3.8, 4) is 22.6 Å². The Hall–Kier alpha value is -5.52. The third-order valence-corrected chi connectivity index (χ3v) is 7.54. The first kappa shape index (κ1) is 28.3. The summed E-state index contributed by atoms with van der Waals surface area (Å²) in [7, 11) is 0. The summed E-state index contributed by atoms with van der Waals surface area (Å²) in [5.74, 6) is -2.38. The number of hydrogen-bond acceptors (Lipinski definition) is 7. The lowest BCUT2D eigenvalue weighted by Gasteiger charge is -2.35. The zero-order valence-electron chi connectivity index (χ0n) is 23.9. The van der Waals surface area contributed by atoms with Crippen LogP contribution in [-0.2, 0) is 6.54 Å². The average Bonchev–Trinajstić information content (AvgIpc) is 3.41. The van der Waals surface area contributed by atoms with Crippen molar-refractivity contribution in [2.45, 2.75) is 12.6 Å². The van der Waals surface area contributed by atoms with Gasteiger partial charge >= 0.3 is 0 Å². The Balaban J connectivity index is 1.20. The molecule has 0 spiro atoms. The summed E-state index contributed by atoms with van der Waals surface area (Å²) in [6.45, 7) is 2.08. The van der Waals surface area contributed by atoms with Crippen molar-refractivity contribution in [3.63, 3.8) is 0 Å². The number of imidazole rings is 1. The number of aliphatic hydroxyl groups is 1. The molecule has 1 aliphatic rings. The molecule has 0 bridgehead atoms. The molecule has 6 aromatic rings. The zero-order chi connectivity index (χ0) is 30.9. The molecule has 1 saturated heterocycles. The molecule has 0 atom stereocenters. The largest absolute Gasteiger partial charge is 0.390 e. The highest BCUT2D eigenvalue weighted by molar-refractivity contribution is 6.05. The second-order valence-corrected chi connectivity index (χ2v) is 10.8. The van der Waals surface area contributed by atoms with Crippen LogP contribution >= 0.6 is 0 Å². The van der Waals surface area contributed by atoms with E-state index in [4.69, 9.17) is 9.97 Å². The Morgan fingerprint density at radius 2 is 1.67 bits per heavy atom. The number of likely N-dealkylation sites (tertiary alicyclic amines) is 1. The topological polar surface area (TPSA) is 108 Å². The third-order valence-electron chi connectivity index (χ3n) is 7.54. The number of rotatable bonds is 8. The van der Waals surface area contributed by atoms with E-state index in [1.165, 1.54) is 6.07 Å². The number of hydrogen-bond donors (Lipinski definition) is 3. The Morgan fingerprint density at radius 1 is 0.889 bits per heavy atom. The summed E-state index contributed by atoms with van der Waals surface area (Å²) in [5.41, 5.74) is 4.88. The average molecular weight is 604 g/mol. The van der Waals surface area contributed by atoms with E-state index in [2.05, 4.69) is 20.5 Å². The number of carbonyl (C=O) groups is 1. The van der Waals surface area contributed by atoms with Gasteiger partial charge in [-0.1, -0.05) is 36.4 Å². The number of nitrogens with one attached hydrogen (secondary N) is 2. The van der Waals surface area contributed by atoms with E-state index in [1.807, 2.05) is 59.1 Å². The maximum atomic E-state index is 14.2. The summed E-state index contributed by atoms with van der Waals surface area (Å²) in [6.07, 6.45) is 3.30. The van der Waals surface area contributed by atoms with Gasteiger partial charge in [-0.15, -0.1) is 0 Å². The maximum Gasteiger partial charge on any atom is 0.261 e. The summed E-state index contributed by atoms with van der Waals surface area (Å²) in [6, 6.07) is 25.6. The van der Waals surface area contributed by atoms with Gasteiger partial charge in [0.1, 0.15) is 22.8 Å². The molecule has 4 heterocycles. The molecule has 1 amide bonds. The van der Waals surface area contributed by atoms with Crippen molar-refractivity contribution in [1.29, 1.82) is 0 Å². The highest BCUT2D eigenvalue weighted by atomic mass is 19.1. The van der Waals surface area contributed by atoms with E-state index in [0.29, 0.717) is 53.0 Å². The fraction of sp³-hybridized carbons (Fsp3) is 0.118. The minimum Gasteiger partial charge on any atom is -0.390 e. The molecular formula is C34H27F2N7O2. The van der Waals surface area contributed by atoms with Crippen LogP contribution in [0.4, 0.5) is 26.1 Å². The SMILES string of the molecule is O=C(Nc1cccc(-c2nc3ccccn3c2-c2ccnc(Nc3cccc(CN4CC(O)C4)c3)n2)c1)c1c(F)cccc1F. The zero-order valence-corrected chi connectivity index (χ0v) is 23.9. The molecule has 9 nitrogen and oxygen atoms in total. The first-order valence-electron chi connectivity index (χ1n) is 14.3. The molecule has 3 N–H and O–H groups in total. The van der Waals surface area contributed by atoms with Gasteiger partial charge in [0.15, 0.2) is 0 Å². The van der Waals surface area contributed by atoms with Crippen LogP contribution in [-0.4, -0.2) is 54.5 Å². The first-order valence-corrected chi connectivity index (χ1v) is 14.3. The lowest BCUT2D eigenvalue weighted by molar-refractivity contribution is -0.00285. The third kappa shape index (κ3) is 5.86. The molecule has 0 unspecified atom stereocenters. The van der Waals surface area contributed by atoms with Gasteiger partial charge in [0.25, 0.3) is 5.91 Å². The maximum absolute atomic E-state index is 14.2. The van der Waals surface area contributed by atoms with E-state index < -0.39 is 23.1 Å². The number of pyridine rings is 1. The number of nitrogens with zero attached hydrogens (tertiary/aromatic N) is 5. The van der Waals surface area contributed by atoms with Crippen LogP contribution < -0.4 is 10.6 Å². The quantitative estimate of drug-likeness (QED) is 0.199. The van der Waals surface area contributed by atoms with Crippen LogP contribution in [0.15, 0.2) is 103 Å². The Kier molecular flexibility index (Phi) is 7.46. The van der Waals surface area contributed by atoms with Crippen LogP contribution in [0.1, 0.15) is 15.9 Å². The number of fused-ring (bicyclic) bond motifs is 1. The molecule has 0 radical (unpaired) electrons. The number of aromatic nitrogens is 4. The second-order valence-electron chi connectivity index (χ2n) is 10.8. The number of benzene rings is 3. The summed E-state index contributed by atoms with van der Waals surface area (Å²) < 4.78 is 30.4. The number of carbonyl (C=O) groups excluding carboxylic acids is 1. The highest BCUT2D eigenvalue weighted by Gasteiger charge is 2.24. The van der Waals surface area contributed by atoms with E-state index >= 15 is 0 Å². The van der Waals surface area contributed by atoms with Gasteiger partial charge in [-0.25, -0.2) is 23.7 Å². The van der Waals surface area contributed by atoms with Crippen LogP contribution in [0.3, 0.4) is 0 Å². The number of β-amino-alcohol motifs (C(OH)–C–C–N with tert-alkyl or cyclic N) is 1. The number of halogens is 2. The van der Waals surface area contributed by atoms with Crippen molar-refractivity contribution in [2.24, 2.45) is 0 Å². The Labute approximate surface area is 256 Å². The molecule has 1 aliphatic heterocycles. The van der Waals surface area contributed by atoms with Gasteiger partial charge in [0, 0.05) is 49.0 Å². The van der Waals surface area contributed by atoms with Crippen LogP contribution in [0.25, 0.3) is 28.3 Å². The molecule has 0 aliphatic carbocycles. The number of amides is 1. The summed E-state index contributed by atoms with van der Waals surface area (Å²) in [4.78, 5) is 29.1. The molecular weight excluding hydrogens is 576 g/mol. The fourth-order valence-corrected chi connectivity index (χ4v) is 5.45. The van der Waals surface area contributed by atoms with Gasteiger partial charge in [0.05, 0.1) is 23.2 Å². The molecule has 11 heteroatoms. The fourth-order valence-electron chi connectivity index (χ4n) is 5.45. The van der Waals surface area contributed by atoms with Crippen LogP contribution in [0.2, 0.25) is 0 Å². The molecule has 0 saturated carbocycles. The van der Waals surface area contributed by atoms with Crippen molar-refractivity contribution in [2.75, 3.05) is 23.7 Å². The van der Waals surface area contributed by atoms with E-state index in [1.54, 1.807) is 30.5 Å². The summed E-state index contributed by atoms with van der Waals surface area (Å²) in [5, 5.41) is 15.5. The van der Waals surface area contributed by atoms with Crippen molar-refractivity contribution in [1.82, 2.24) is 24.3 Å². The molecule has 224 valence electrons. The normalized spacial score (nSPS) is 13.5. The predicted molar refractivity (Wildman–Crippen MR) is 167 cm³/mol. The molecule has 3 aromatic carbocycles. The molecule has 45 heavy (non-hydrogen) atoms. The Morgan fingerprint density at radius 3 is 2.49 bits per heavy atom. The number of anilines is 3. The Bertz CT molecular complexity index is 2020. The minimum atomic E-state index is -0.942. The standard InChI is InChI=1S/C34H27F2N7O2/c35-26-10-5-11-27(36)30(26)33(45)38-24-9-4-7-22(17-24)31-32(43-15-2-1-12-29(43)41-31)28-13-14-37-34(40-28)39-23-8-3-6-21(16-23)18-42-19-25(44)20-42/h1-17,25,44H,18-20H2,(H,38,45)(H,37,39,40). The lowest BCUT2D eigenvalue weighted by Crippen LogP contribution is -2.49. The first-order chi connectivity index (χ1) is 21.9. The van der Waals surface area contributed by atoms with Gasteiger partial charge in [-0.05, 0) is 60.2 Å². The lowest BCUT2D eigenvalue weighted by atomic mass is 10.1. The smallest absolute Gasteiger partial charge is 0.261 e. The van der Waals surface area contributed by atoms with Crippen LogP contribution in [0, 0.1) is 11.6 Å². The second kappa shape index (κ2) is 11.9. The van der Waals surface area contributed by atoms with Crippen molar-refractivity contribution < 1.29 is 18.7 Å². The van der Waals surface area contributed by atoms with E-state index in [-0.39, 0.29) is 6.10 Å². The summed E-state index contributed by atoms with van der Waals surface area (Å²) >= 11 is 0. The van der Waals surface area contributed by atoms with Gasteiger partial charge in [0.2, 0.25) is 5.95 Å². The van der Waals surface area contributed by atoms with Crippen LogP contribution in [0.5, 0.6) is 0 Å². The minimum absolute atomic E-state index is 0.253. The monoisotopic (exact) mass is 603 g/mol. The van der Waals surface area contributed by atoms with E-state index in [0.717, 1.165) is 29.9 Å². The molecule has 1 fully saturated rings. The number of aliphatic hydroxyl groups excluding tert-OH is 1. The van der Waals surface area contributed by atoms with Crippen molar-refractivity contribution in [3.05, 3.63) is 126 Å². The highest BCUT2D eigenvalue weighted by Crippen LogP contribution is 2.33. The predicted octanol–water partition coefficient (Wildman–Crippen LogP) is 5.91.